The van der Waals surface area contributed by atoms with E-state index in [1.165, 1.54) is 10.6 Å². The van der Waals surface area contributed by atoms with Crippen molar-refractivity contribution in [2.24, 2.45) is 0 Å². The molecule has 5 aromatic rings. The standard InChI is InChI=1S/C25H18ClN5O3/c26-18-7-5-16(6-8-18)14-28-22(32)15-31-21-4-2-1-3-19(21)20(13-23(31)33)25-29-24(30-34-25)17-9-11-27-12-10-17/h1-13H,14-15H2,(H,28,32). The fourth-order valence-corrected chi connectivity index (χ4v) is 3.75. The van der Waals surface area contributed by atoms with Crippen LogP contribution >= 0.6 is 11.6 Å². The first-order valence-corrected chi connectivity index (χ1v) is 10.8. The lowest BCUT2D eigenvalue weighted by atomic mass is 10.1. The fraction of sp³-hybridized carbons (Fsp3) is 0.0800. The topological polar surface area (TPSA) is 103 Å². The minimum absolute atomic E-state index is 0.126. The molecule has 1 N–H and O–H groups in total. The maximum absolute atomic E-state index is 13.0. The zero-order valence-electron chi connectivity index (χ0n) is 17.8. The predicted molar refractivity (Wildman–Crippen MR) is 128 cm³/mol. The van der Waals surface area contributed by atoms with Gasteiger partial charge in [-0.2, -0.15) is 4.98 Å². The van der Waals surface area contributed by atoms with Crippen LogP contribution in [-0.2, 0) is 17.9 Å². The lowest BCUT2D eigenvalue weighted by molar-refractivity contribution is -0.121. The van der Waals surface area contributed by atoms with Crippen LogP contribution in [0.25, 0.3) is 33.7 Å². The number of carbonyl (C=O) groups excluding carboxylic acids is 1. The lowest BCUT2D eigenvalue weighted by Gasteiger charge is -2.12. The highest BCUT2D eigenvalue weighted by Crippen LogP contribution is 2.27. The van der Waals surface area contributed by atoms with E-state index in [-0.39, 0.29) is 23.9 Å². The van der Waals surface area contributed by atoms with Gasteiger partial charge in [0.2, 0.25) is 11.7 Å². The van der Waals surface area contributed by atoms with Gasteiger partial charge in [-0.1, -0.05) is 47.1 Å². The lowest BCUT2D eigenvalue weighted by Crippen LogP contribution is -2.32. The van der Waals surface area contributed by atoms with Gasteiger partial charge in [-0.25, -0.2) is 0 Å². The number of carbonyl (C=O) groups is 1. The number of pyridine rings is 2. The van der Waals surface area contributed by atoms with Crippen molar-refractivity contribution < 1.29 is 9.32 Å². The molecule has 9 heteroatoms. The summed E-state index contributed by atoms with van der Waals surface area (Å²) in [5, 5.41) is 8.22. The summed E-state index contributed by atoms with van der Waals surface area (Å²) in [5.74, 6) is 0.333. The number of aromatic nitrogens is 4. The Hall–Kier alpha value is -4.30. The van der Waals surface area contributed by atoms with E-state index in [4.69, 9.17) is 16.1 Å². The van der Waals surface area contributed by atoms with Gasteiger partial charge in [0.25, 0.3) is 11.4 Å². The van der Waals surface area contributed by atoms with Gasteiger partial charge in [-0.3, -0.25) is 19.1 Å². The number of benzene rings is 2. The summed E-state index contributed by atoms with van der Waals surface area (Å²) in [4.78, 5) is 34.1. The number of amides is 1. The van der Waals surface area contributed by atoms with E-state index in [1.807, 2.05) is 30.3 Å². The Balaban J connectivity index is 1.44. The zero-order valence-corrected chi connectivity index (χ0v) is 18.6. The Labute approximate surface area is 198 Å². The molecule has 0 fully saturated rings. The largest absolute Gasteiger partial charge is 0.350 e. The van der Waals surface area contributed by atoms with Crippen molar-refractivity contribution >= 4 is 28.4 Å². The number of nitrogens with zero attached hydrogens (tertiary/aromatic N) is 4. The molecule has 1 amide bonds. The first-order chi connectivity index (χ1) is 16.6. The molecule has 0 aliphatic rings. The van der Waals surface area contributed by atoms with Gasteiger partial charge in [0.05, 0.1) is 11.1 Å². The molecule has 168 valence electrons. The molecule has 0 saturated heterocycles. The Kier molecular flexibility index (Phi) is 5.88. The summed E-state index contributed by atoms with van der Waals surface area (Å²) in [5.41, 5.74) is 2.41. The SMILES string of the molecule is O=C(Cn1c(=O)cc(-c2nc(-c3ccncc3)no2)c2ccccc21)NCc1ccc(Cl)cc1. The van der Waals surface area contributed by atoms with E-state index in [9.17, 15) is 9.59 Å². The number of rotatable bonds is 6. The van der Waals surface area contributed by atoms with E-state index >= 15 is 0 Å². The average Bonchev–Trinajstić information content (AvgIpc) is 3.36. The molecule has 0 bridgehead atoms. The molecule has 0 radical (unpaired) electrons. The van der Waals surface area contributed by atoms with Gasteiger partial charge in [-0.05, 0) is 35.9 Å². The van der Waals surface area contributed by atoms with Gasteiger partial charge in [-0.15, -0.1) is 0 Å². The van der Waals surface area contributed by atoms with E-state index in [0.29, 0.717) is 28.5 Å². The second kappa shape index (κ2) is 9.29. The quantitative estimate of drug-likeness (QED) is 0.400. The molecule has 34 heavy (non-hydrogen) atoms. The summed E-state index contributed by atoms with van der Waals surface area (Å²) < 4.78 is 6.89. The summed E-state index contributed by atoms with van der Waals surface area (Å²) >= 11 is 5.90. The maximum atomic E-state index is 13.0. The third-order valence-electron chi connectivity index (χ3n) is 5.32. The molecule has 0 saturated carbocycles. The Bertz CT molecular complexity index is 1530. The number of halogens is 1. The molecule has 8 nitrogen and oxygen atoms in total. The fourth-order valence-electron chi connectivity index (χ4n) is 3.63. The summed E-state index contributed by atoms with van der Waals surface area (Å²) in [7, 11) is 0. The van der Waals surface area contributed by atoms with Crippen LogP contribution in [0, 0.1) is 0 Å². The van der Waals surface area contributed by atoms with Crippen molar-refractivity contribution in [1.29, 1.82) is 0 Å². The summed E-state index contributed by atoms with van der Waals surface area (Å²) in [6, 6.07) is 19.4. The van der Waals surface area contributed by atoms with Crippen LogP contribution in [-0.4, -0.2) is 25.6 Å². The molecule has 0 aliphatic heterocycles. The first kappa shape index (κ1) is 21.5. The van der Waals surface area contributed by atoms with Crippen molar-refractivity contribution in [3.63, 3.8) is 0 Å². The van der Waals surface area contributed by atoms with Gasteiger partial charge < -0.3 is 9.84 Å². The number of nitrogens with one attached hydrogen (secondary N) is 1. The van der Waals surface area contributed by atoms with Gasteiger partial charge >= 0.3 is 0 Å². The average molecular weight is 472 g/mol. The molecule has 0 atom stereocenters. The van der Waals surface area contributed by atoms with Crippen LogP contribution in [0.1, 0.15) is 5.56 Å². The highest BCUT2D eigenvalue weighted by atomic mass is 35.5. The second-order valence-corrected chi connectivity index (χ2v) is 8.00. The van der Waals surface area contributed by atoms with Crippen LogP contribution in [0.3, 0.4) is 0 Å². The van der Waals surface area contributed by atoms with Crippen LogP contribution in [0.15, 0.2) is 88.4 Å². The van der Waals surface area contributed by atoms with Crippen LogP contribution in [0.2, 0.25) is 5.02 Å². The van der Waals surface area contributed by atoms with Gasteiger partial charge in [0, 0.05) is 41.0 Å². The Morgan fingerprint density at radius 2 is 1.79 bits per heavy atom. The number of para-hydroxylation sites is 1. The van der Waals surface area contributed by atoms with E-state index in [1.54, 1.807) is 42.7 Å². The molecule has 0 aliphatic carbocycles. The molecular formula is C25H18ClN5O3. The third-order valence-corrected chi connectivity index (χ3v) is 5.57. The van der Waals surface area contributed by atoms with Crippen LogP contribution in [0.5, 0.6) is 0 Å². The Morgan fingerprint density at radius 3 is 2.59 bits per heavy atom. The number of fused-ring (bicyclic) bond motifs is 1. The Morgan fingerprint density at radius 1 is 1.03 bits per heavy atom. The molecule has 0 unspecified atom stereocenters. The van der Waals surface area contributed by atoms with E-state index in [0.717, 1.165) is 16.5 Å². The molecule has 2 aromatic carbocycles. The van der Waals surface area contributed by atoms with Gasteiger partial charge in [0.15, 0.2) is 0 Å². The smallest absolute Gasteiger partial charge is 0.259 e. The van der Waals surface area contributed by atoms with Crippen molar-refractivity contribution in [3.8, 4) is 22.8 Å². The highest BCUT2D eigenvalue weighted by Gasteiger charge is 2.17. The summed E-state index contributed by atoms with van der Waals surface area (Å²) in [6.07, 6.45) is 3.28. The van der Waals surface area contributed by atoms with Crippen molar-refractivity contribution in [1.82, 2.24) is 25.0 Å². The minimum Gasteiger partial charge on any atom is -0.350 e. The number of hydrogen-bond acceptors (Lipinski definition) is 6. The van der Waals surface area contributed by atoms with Crippen molar-refractivity contribution in [2.75, 3.05) is 0 Å². The molecule has 0 spiro atoms. The first-order valence-electron chi connectivity index (χ1n) is 10.5. The molecule has 3 heterocycles. The predicted octanol–water partition coefficient (Wildman–Crippen LogP) is 4.08. The highest BCUT2D eigenvalue weighted by molar-refractivity contribution is 6.30. The molecule has 5 rings (SSSR count). The van der Waals surface area contributed by atoms with Gasteiger partial charge in [0.1, 0.15) is 6.54 Å². The molecule has 3 aromatic heterocycles. The second-order valence-electron chi connectivity index (χ2n) is 7.56. The number of hydrogen-bond donors (Lipinski definition) is 1. The normalized spacial score (nSPS) is 11.0. The zero-order chi connectivity index (χ0) is 23.5. The third kappa shape index (κ3) is 4.44. The summed E-state index contributed by atoms with van der Waals surface area (Å²) in [6.45, 7) is 0.208. The monoisotopic (exact) mass is 471 g/mol. The molecular weight excluding hydrogens is 454 g/mol. The minimum atomic E-state index is -0.348. The van der Waals surface area contributed by atoms with Crippen molar-refractivity contribution in [3.05, 3.63) is 100 Å². The van der Waals surface area contributed by atoms with E-state index in [2.05, 4.69) is 20.4 Å². The van der Waals surface area contributed by atoms with E-state index < -0.39 is 0 Å². The maximum Gasteiger partial charge on any atom is 0.259 e. The van der Waals surface area contributed by atoms with Crippen LogP contribution in [0.4, 0.5) is 0 Å². The van der Waals surface area contributed by atoms with Crippen LogP contribution < -0.4 is 10.9 Å². The van der Waals surface area contributed by atoms with Crippen molar-refractivity contribution in [2.45, 2.75) is 13.1 Å².